The van der Waals surface area contributed by atoms with E-state index in [-0.39, 0.29) is 12.1 Å². The molecule has 0 aliphatic carbocycles. The first kappa shape index (κ1) is 13.7. The van der Waals surface area contributed by atoms with Gasteiger partial charge in [0, 0.05) is 18.2 Å². The van der Waals surface area contributed by atoms with Crippen molar-refractivity contribution in [1.82, 2.24) is 5.32 Å². The van der Waals surface area contributed by atoms with Crippen molar-refractivity contribution in [2.24, 2.45) is 0 Å². The Kier molecular flexibility index (Phi) is 4.27. The third-order valence-corrected chi connectivity index (χ3v) is 3.18. The lowest BCUT2D eigenvalue weighted by molar-refractivity contribution is 0.487. The Morgan fingerprint density at radius 3 is 1.89 bits per heavy atom. The van der Waals surface area contributed by atoms with E-state index >= 15 is 0 Å². The molecule has 0 amide bonds. The van der Waals surface area contributed by atoms with Crippen molar-refractivity contribution < 1.29 is 8.78 Å². The van der Waals surface area contributed by atoms with Gasteiger partial charge in [0.25, 0.3) is 0 Å². The van der Waals surface area contributed by atoms with Gasteiger partial charge in [-0.25, -0.2) is 8.78 Å². The summed E-state index contributed by atoms with van der Waals surface area (Å²) in [4.78, 5) is 0. The summed E-state index contributed by atoms with van der Waals surface area (Å²) in [5.41, 5.74) is 1.76. The fraction of sp³-hybridized carbons (Fsp3) is 0.250. The van der Waals surface area contributed by atoms with E-state index in [0.717, 1.165) is 11.6 Å². The van der Waals surface area contributed by atoms with Crippen LogP contribution in [0.3, 0.4) is 0 Å². The molecule has 2 rings (SSSR count). The predicted octanol–water partition coefficient (Wildman–Crippen LogP) is 4.38. The van der Waals surface area contributed by atoms with Crippen molar-refractivity contribution in [3.05, 3.63) is 71.3 Å². The maximum Gasteiger partial charge on any atom is 0.126 e. The molecule has 2 atom stereocenters. The summed E-state index contributed by atoms with van der Waals surface area (Å²) in [5, 5.41) is 3.33. The molecule has 0 saturated carbocycles. The third-order valence-electron chi connectivity index (χ3n) is 3.18. The number of rotatable bonds is 4. The molecule has 0 bridgehead atoms. The average Bonchev–Trinajstić information content (AvgIpc) is 2.38. The zero-order valence-electron chi connectivity index (χ0n) is 11.0. The normalized spacial score (nSPS) is 14.1. The van der Waals surface area contributed by atoms with Crippen LogP contribution in [-0.4, -0.2) is 0 Å². The maximum absolute atomic E-state index is 13.2. The van der Waals surface area contributed by atoms with Gasteiger partial charge in [-0.1, -0.05) is 30.3 Å². The molecule has 0 aliphatic heterocycles. The molecule has 0 heterocycles. The highest BCUT2D eigenvalue weighted by Gasteiger charge is 2.12. The number of hydrogen-bond donors (Lipinski definition) is 1. The van der Waals surface area contributed by atoms with Gasteiger partial charge < -0.3 is 5.32 Å². The van der Waals surface area contributed by atoms with Gasteiger partial charge in [0.1, 0.15) is 11.6 Å². The van der Waals surface area contributed by atoms with Gasteiger partial charge in [0.05, 0.1) is 0 Å². The molecule has 0 saturated heterocycles. The van der Waals surface area contributed by atoms with Gasteiger partial charge in [-0.15, -0.1) is 0 Å². The number of halogens is 2. The molecule has 0 spiro atoms. The summed E-state index contributed by atoms with van der Waals surface area (Å²) in [7, 11) is 0. The molecular weight excluding hydrogens is 244 g/mol. The van der Waals surface area contributed by atoms with Crippen molar-refractivity contribution in [3.63, 3.8) is 0 Å². The Hall–Kier alpha value is -1.74. The third kappa shape index (κ3) is 3.61. The molecule has 1 unspecified atom stereocenters. The Labute approximate surface area is 112 Å². The van der Waals surface area contributed by atoms with E-state index in [1.54, 1.807) is 0 Å². The Morgan fingerprint density at radius 1 is 0.789 bits per heavy atom. The zero-order valence-corrected chi connectivity index (χ0v) is 11.0. The smallest absolute Gasteiger partial charge is 0.126 e. The first-order valence-electron chi connectivity index (χ1n) is 6.33. The molecule has 1 N–H and O–H groups in total. The van der Waals surface area contributed by atoms with E-state index < -0.39 is 11.6 Å². The second-order valence-corrected chi connectivity index (χ2v) is 4.72. The van der Waals surface area contributed by atoms with E-state index in [2.05, 4.69) is 5.32 Å². The monoisotopic (exact) mass is 261 g/mol. The number of hydrogen-bond acceptors (Lipinski definition) is 1. The van der Waals surface area contributed by atoms with Crippen LogP contribution < -0.4 is 5.32 Å². The van der Waals surface area contributed by atoms with Crippen LogP contribution in [0.15, 0.2) is 48.5 Å². The number of nitrogens with one attached hydrogen (secondary N) is 1. The lowest BCUT2D eigenvalue weighted by atomic mass is 10.0. The SMILES string of the molecule is CC(N[C@@H](C)c1ccccc1)c1cc(F)cc(F)c1. The van der Waals surface area contributed by atoms with Gasteiger partial charge in [0.2, 0.25) is 0 Å². The summed E-state index contributed by atoms with van der Waals surface area (Å²) in [6, 6.07) is 13.5. The highest BCUT2D eigenvalue weighted by molar-refractivity contribution is 5.23. The topological polar surface area (TPSA) is 12.0 Å². The van der Waals surface area contributed by atoms with Crippen molar-refractivity contribution >= 4 is 0 Å². The highest BCUT2D eigenvalue weighted by Crippen LogP contribution is 2.20. The van der Waals surface area contributed by atoms with Gasteiger partial charge in [-0.3, -0.25) is 0 Å². The fourth-order valence-corrected chi connectivity index (χ4v) is 2.13. The van der Waals surface area contributed by atoms with Crippen molar-refractivity contribution in [3.8, 4) is 0 Å². The van der Waals surface area contributed by atoms with Crippen LogP contribution >= 0.6 is 0 Å². The minimum Gasteiger partial charge on any atom is -0.304 e. The molecule has 0 fully saturated rings. The minimum absolute atomic E-state index is 0.113. The maximum atomic E-state index is 13.2. The van der Waals surface area contributed by atoms with Crippen LogP contribution in [-0.2, 0) is 0 Å². The van der Waals surface area contributed by atoms with Crippen molar-refractivity contribution in [2.75, 3.05) is 0 Å². The molecule has 100 valence electrons. The Bertz CT molecular complexity index is 519. The second-order valence-electron chi connectivity index (χ2n) is 4.72. The summed E-state index contributed by atoms with van der Waals surface area (Å²) in [5.74, 6) is -1.09. The lowest BCUT2D eigenvalue weighted by Gasteiger charge is -2.21. The van der Waals surface area contributed by atoms with E-state index in [1.165, 1.54) is 12.1 Å². The molecule has 2 aromatic carbocycles. The first-order chi connectivity index (χ1) is 9.06. The lowest BCUT2D eigenvalue weighted by Crippen LogP contribution is -2.22. The molecule has 0 radical (unpaired) electrons. The Balaban J connectivity index is 2.10. The second kappa shape index (κ2) is 5.93. The van der Waals surface area contributed by atoms with Crippen LogP contribution in [0.5, 0.6) is 0 Å². The summed E-state index contributed by atoms with van der Waals surface area (Å²) in [6.07, 6.45) is 0. The van der Waals surface area contributed by atoms with Crippen LogP contribution in [0.4, 0.5) is 8.78 Å². The zero-order chi connectivity index (χ0) is 13.8. The van der Waals surface area contributed by atoms with Crippen LogP contribution in [0.1, 0.15) is 37.1 Å². The molecule has 19 heavy (non-hydrogen) atoms. The van der Waals surface area contributed by atoms with Gasteiger partial charge in [-0.05, 0) is 37.1 Å². The molecular formula is C16H17F2N. The fourth-order valence-electron chi connectivity index (χ4n) is 2.13. The molecule has 3 heteroatoms. The van der Waals surface area contributed by atoms with E-state index in [0.29, 0.717) is 5.56 Å². The van der Waals surface area contributed by atoms with E-state index in [1.807, 2.05) is 44.2 Å². The average molecular weight is 261 g/mol. The summed E-state index contributed by atoms with van der Waals surface area (Å²) >= 11 is 0. The van der Waals surface area contributed by atoms with Crippen LogP contribution in [0, 0.1) is 11.6 Å². The van der Waals surface area contributed by atoms with Gasteiger partial charge in [0.15, 0.2) is 0 Å². The molecule has 1 nitrogen and oxygen atoms in total. The molecule has 0 aliphatic rings. The largest absolute Gasteiger partial charge is 0.304 e. The quantitative estimate of drug-likeness (QED) is 0.861. The first-order valence-corrected chi connectivity index (χ1v) is 6.33. The van der Waals surface area contributed by atoms with E-state index in [9.17, 15) is 8.78 Å². The highest BCUT2D eigenvalue weighted by atomic mass is 19.1. The minimum atomic E-state index is -0.545. The number of benzene rings is 2. The van der Waals surface area contributed by atoms with Gasteiger partial charge >= 0.3 is 0 Å². The molecule has 2 aromatic rings. The predicted molar refractivity (Wildman–Crippen MR) is 72.8 cm³/mol. The summed E-state index contributed by atoms with van der Waals surface area (Å²) in [6.45, 7) is 3.93. The summed E-state index contributed by atoms with van der Waals surface area (Å²) < 4.78 is 26.4. The van der Waals surface area contributed by atoms with E-state index in [4.69, 9.17) is 0 Å². The van der Waals surface area contributed by atoms with Crippen LogP contribution in [0.25, 0.3) is 0 Å². The standard InChI is InChI=1S/C16H17F2N/c1-11(13-6-4-3-5-7-13)19-12(2)14-8-15(17)10-16(18)9-14/h3-12,19H,1-2H3/t11-,12?/m0/s1. The van der Waals surface area contributed by atoms with Crippen molar-refractivity contribution in [2.45, 2.75) is 25.9 Å². The molecule has 0 aromatic heterocycles. The Morgan fingerprint density at radius 2 is 1.32 bits per heavy atom. The van der Waals surface area contributed by atoms with Crippen molar-refractivity contribution in [1.29, 1.82) is 0 Å². The van der Waals surface area contributed by atoms with Crippen LogP contribution in [0.2, 0.25) is 0 Å². The van der Waals surface area contributed by atoms with Gasteiger partial charge in [-0.2, -0.15) is 0 Å².